The van der Waals surface area contributed by atoms with Crippen LogP contribution in [0.3, 0.4) is 0 Å². The van der Waals surface area contributed by atoms with E-state index in [1.54, 1.807) is 6.20 Å². The van der Waals surface area contributed by atoms with Crippen LogP contribution in [0.1, 0.15) is 33.1 Å². The predicted octanol–water partition coefficient (Wildman–Crippen LogP) is 3.15. The molecule has 3 rings (SSSR count). The van der Waals surface area contributed by atoms with Crippen LogP contribution in [0.4, 0.5) is 13.2 Å². The van der Waals surface area contributed by atoms with E-state index < -0.39 is 12.1 Å². The van der Waals surface area contributed by atoms with Crippen molar-refractivity contribution in [3.63, 3.8) is 0 Å². The number of likely N-dealkylation sites (tertiary alicyclic amines) is 1. The summed E-state index contributed by atoms with van der Waals surface area (Å²) < 4.78 is 43.5. The van der Waals surface area contributed by atoms with Crippen LogP contribution in [0.15, 0.2) is 24.4 Å². The number of carbonyl (C=O) groups excluding carboxylic acids is 1. The van der Waals surface area contributed by atoms with E-state index in [1.807, 2.05) is 23.1 Å². The first-order chi connectivity index (χ1) is 14.0. The molecule has 1 aromatic rings. The van der Waals surface area contributed by atoms with Crippen LogP contribution in [0, 0.1) is 11.8 Å². The standard InChI is InChI=1S/C18H26N2O3.C2HF3O2/c1-14(2)6-7-17(21)20-12-18(13-20)15(8-10-23-18)11-22-16-5-3-4-9-19-16;3-2(4,5)1(6)7/h3-5,9,14-15H,6-8,10-13H2,1-2H3;(H,6,7). The molecule has 1 spiro atoms. The molecule has 2 aliphatic heterocycles. The first-order valence-corrected chi connectivity index (χ1v) is 9.79. The van der Waals surface area contributed by atoms with Gasteiger partial charge in [-0.05, 0) is 24.8 Å². The van der Waals surface area contributed by atoms with E-state index in [2.05, 4.69) is 18.8 Å². The maximum atomic E-state index is 12.2. The van der Waals surface area contributed by atoms with Crippen LogP contribution in [-0.4, -0.2) is 64.9 Å². The zero-order valence-electron chi connectivity index (χ0n) is 17.0. The summed E-state index contributed by atoms with van der Waals surface area (Å²) in [4.78, 5) is 27.2. The number of ether oxygens (including phenoxy) is 2. The van der Waals surface area contributed by atoms with E-state index in [0.717, 1.165) is 19.4 Å². The van der Waals surface area contributed by atoms with Gasteiger partial charge in [0.1, 0.15) is 5.60 Å². The molecule has 1 aromatic heterocycles. The van der Waals surface area contributed by atoms with Gasteiger partial charge in [0.2, 0.25) is 11.8 Å². The summed E-state index contributed by atoms with van der Waals surface area (Å²) in [6, 6.07) is 5.66. The van der Waals surface area contributed by atoms with E-state index >= 15 is 0 Å². The predicted molar refractivity (Wildman–Crippen MR) is 101 cm³/mol. The largest absolute Gasteiger partial charge is 0.490 e. The summed E-state index contributed by atoms with van der Waals surface area (Å²) in [6.07, 6.45) is -0.770. The molecular weight excluding hydrogens is 405 g/mol. The minimum atomic E-state index is -5.08. The summed E-state index contributed by atoms with van der Waals surface area (Å²) in [5.41, 5.74) is -0.192. The molecular formula is C20H27F3N2O5. The highest BCUT2D eigenvalue weighted by Gasteiger charge is 2.54. The van der Waals surface area contributed by atoms with Gasteiger partial charge in [0.25, 0.3) is 0 Å². The highest BCUT2D eigenvalue weighted by atomic mass is 19.4. The molecule has 0 radical (unpaired) electrons. The van der Waals surface area contributed by atoms with Crippen LogP contribution in [-0.2, 0) is 14.3 Å². The summed E-state index contributed by atoms with van der Waals surface area (Å²) in [7, 11) is 0. The lowest BCUT2D eigenvalue weighted by Gasteiger charge is -2.50. The van der Waals surface area contributed by atoms with Gasteiger partial charge in [-0.25, -0.2) is 9.78 Å². The van der Waals surface area contributed by atoms with Crippen LogP contribution in [0.2, 0.25) is 0 Å². The van der Waals surface area contributed by atoms with Gasteiger partial charge in [-0.15, -0.1) is 0 Å². The number of amides is 1. The van der Waals surface area contributed by atoms with Crippen molar-refractivity contribution < 1.29 is 37.3 Å². The average molecular weight is 432 g/mol. The average Bonchev–Trinajstić information content (AvgIpc) is 3.08. The van der Waals surface area contributed by atoms with Crippen molar-refractivity contribution in [1.82, 2.24) is 9.88 Å². The summed E-state index contributed by atoms with van der Waals surface area (Å²) in [5.74, 6) is -0.953. The minimum Gasteiger partial charge on any atom is -0.477 e. The lowest BCUT2D eigenvalue weighted by molar-refractivity contribution is -0.192. The molecule has 3 heterocycles. The van der Waals surface area contributed by atoms with Crippen molar-refractivity contribution in [1.29, 1.82) is 0 Å². The van der Waals surface area contributed by atoms with Crippen molar-refractivity contribution in [3.8, 4) is 5.88 Å². The second-order valence-electron chi connectivity index (χ2n) is 7.86. The number of aromatic nitrogens is 1. The van der Waals surface area contributed by atoms with E-state index in [0.29, 0.717) is 43.8 Å². The van der Waals surface area contributed by atoms with Gasteiger partial charge in [-0.3, -0.25) is 4.79 Å². The number of hydrogen-bond acceptors (Lipinski definition) is 5. The zero-order valence-corrected chi connectivity index (χ0v) is 17.0. The Morgan fingerprint density at radius 2 is 2.03 bits per heavy atom. The molecule has 1 unspecified atom stereocenters. The molecule has 7 nitrogen and oxygen atoms in total. The maximum Gasteiger partial charge on any atom is 0.490 e. The van der Waals surface area contributed by atoms with Crippen LogP contribution in [0.5, 0.6) is 5.88 Å². The molecule has 2 fully saturated rings. The molecule has 168 valence electrons. The van der Waals surface area contributed by atoms with Gasteiger partial charge < -0.3 is 19.5 Å². The van der Waals surface area contributed by atoms with Crippen LogP contribution in [0.25, 0.3) is 0 Å². The maximum absolute atomic E-state index is 12.2. The molecule has 0 aliphatic carbocycles. The Morgan fingerprint density at radius 3 is 2.57 bits per heavy atom. The number of carbonyl (C=O) groups is 2. The Morgan fingerprint density at radius 1 is 1.37 bits per heavy atom. The van der Waals surface area contributed by atoms with Crippen LogP contribution < -0.4 is 4.74 Å². The summed E-state index contributed by atoms with van der Waals surface area (Å²) in [5, 5.41) is 7.12. The van der Waals surface area contributed by atoms with Gasteiger partial charge in [0, 0.05) is 31.2 Å². The number of carboxylic acid groups (broad SMARTS) is 1. The van der Waals surface area contributed by atoms with E-state index in [-0.39, 0.29) is 11.5 Å². The van der Waals surface area contributed by atoms with Gasteiger partial charge in [0.15, 0.2) is 0 Å². The highest BCUT2D eigenvalue weighted by molar-refractivity contribution is 5.77. The molecule has 2 saturated heterocycles. The smallest absolute Gasteiger partial charge is 0.477 e. The molecule has 10 heteroatoms. The molecule has 0 saturated carbocycles. The van der Waals surface area contributed by atoms with Gasteiger partial charge in [-0.2, -0.15) is 13.2 Å². The SMILES string of the molecule is CC(C)CCC(=O)N1CC2(C1)OCCC2COc1ccccn1.O=C(O)C(F)(F)F. The van der Waals surface area contributed by atoms with Crippen LogP contribution >= 0.6 is 0 Å². The Hall–Kier alpha value is -2.36. The fourth-order valence-corrected chi connectivity index (χ4v) is 3.33. The molecule has 1 N–H and O–H groups in total. The molecule has 2 aliphatic rings. The molecule has 0 aromatic carbocycles. The Bertz CT molecular complexity index is 706. The summed E-state index contributed by atoms with van der Waals surface area (Å²) in [6.45, 7) is 7.07. The van der Waals surface area contributed by atoms with Crippen molar-refractivity contribution >= 4 is 11.9 Å². The molecule has 1 atom stereocenters. The van der Waals surface area contributed by atoms with Crippen molar-refractivity contribution in [2.75, 3.05) is 26.3 Å². The van der Waals surface area contributed by atoms with Crippen molar-refractivity contribution in [2.45, 2.75) is 44.9 Å². The van der Waals surface area contributed by atoms with Gasteiger partial charge in [0.05, 0.1) is 19.7 Å². The Balaban J connectivity index is 0.000000396. The quantitative estimate of drug-likeness (QED) is 0.743. The third-order valence-corrected chi connectivity index (χ3v) is 5.12. The first kappa shape index (κ1) is 23.9. The number of nitrogens with zero attached hydrogens (tertiary/aromatic N) is 2. The Kier molecular flexibility index (Phi) is 8.05. The molecule has 30 heavy (non-hydrogen) atoms. The molecule has 1 amide bonds. The lowest BCUT2D eigenvalue weighted by Crippen LogP contribution is -2.66. The Labute approximate surface area is 173 Å². The van der Waals surface area contributed by atoms with Gasteiger partial charge in [-0.1, -0.05) is 19.9 Å². The highest BCUT2D eigenvalue weighted by Crippen LogP contribution is 2.40. The number of pyridine rings is 1. The zero-order chi connectivity index (χ0) is 22.4. The van der Waals surface area contributed by atoms with E-state index in [1.165, 1.54) is 0 Å². The van der Waals surface area contributed by atoms with Gasteiger partial charge >= 0.3 is 12.1 Å². The van der Waals surface area contributed by atoms with Crippen molar-refractivity contribution in [3.05, 3.63) is 24.4 Å². The number of hydrogen-bond donors (Lipinski definition) is 1. The number of carboxylic acids is 1. The topological polar surface area (TPSA) is 89.0 Å². The van der Waals surface area contributed by atoms with E-state index in [9.17, 15) is 18.0 Å². The number of alkyl halides is 3. The second kappa shape index (κ2) is 10.1. The first-order valence-electron chi connectivity index (χ1n) is 9.79. The normalized spacial score (nSPS) is 19.8. The monoisotopic (exact) mass is 432 g/mol. The number of rotatable bonds is 6. The van der Waals surface area contributed by atoms with E-state index in [4.69, 9.17) is 19.4 Å². The number of aliphatic carboxylic acids is 1. The fourth-order valence-electron chi connectivity index (χ4n) is 3.33. The minimum absolute atomic E-state index is 0.192. The third-order valence-electron chi connectivity index (χ3n) is 5.12. The lowest BCUT2D eigenvalue weighted by atomic mass is 9.81. The molecule has 0 bridgehead atoms. The van der Waals surface area contributed by atoms with Crippen molar-refractivity contribution in [2.24, 2.45) is 11.8 Å². The summed E-state index contributed by atoms with van der Waals surface area (Å²) >= 11 is 0. The fraction of sp³-hybridized carbons (Fsp3) is 0.650. The number of halogens is 3. The second-order valence-corrected chi connectivity index (χ2v) is 7.86. The third kappa shape index (κ3) is 6.58.